The fourth-order valence-corrected chi connectivity index (χ4v) is 4.39. The van der Waals surface area contributed by atoms with Crippen molar-refractivity contribution in [3.8, 4) is 5.69 Å². The lowest BCUT2D eigenvalue weighted by atomic mass is 10.2. The summed E-state index contributed by atoms with van der Waals surface area (Å²) < 4.78 is 16.0. The maximum absolute atomic E-state index is 13.4. The molecule has 0 unspecified atom stereocenters. The molecule has 10 heteroatoms. The van der Waals surface area contributed by atoms with Crippen molar-refractivity contribution in [1.82, 2.24) is 29.6 Å². The van der Waals surface area contributed by atoms with Crippen molar-refractivity contribution < 1.29 is 4.39 Å². The fourth-order valence-electron chi connectivity index (χ4n) is 2.83. The van der Waals surface area contributed by atoms with Crippen molar-refractivity contribution in [2.45, 2.75) is 23.9 Å². The van der Waals surface area contributed by atoms with Crippen molar-refractivity contribution >= 4 is 33.3 Å². The van der Waals surface area contributed by atoms with Crippen LogP contribution in [0.2, 0.25) is 0 Å². The number of hydrogen-bond donors (Lipinski definition) is 1. The molecule has 4 aromatic rings. The highest BCUT2D eigenvalue weighted by atomic mass is 32.2. The van der Waals surface area contributed by atoms with Gasteiger partial charge in [-0.15, -0.1) is 21.5 Å². The smallest absolute Gasteiger partial charge is 0.268 e. The van der Waals surface area contributed by atoms with Crippen molar-refractivity contribution in [3.05, 3.63) is 63.5 Å². The van der Waals surface area contributed by atoms with Crippen LogP contribution in [-0.4, -0.2) is 43.7 Å². The standard InChI is InChI=1S/C19H19FN6OS2/c1-11(25(2)3)17-23-24-19(26(17)13-6-4-12(20)5-7-13)29-10-15-21-14-8-9-28-16(14)18(27)22-15/h4-9,11H,10H2,1-3H3,(H,21,22,27)/t11-/m0/s1. The first-order chi connectivity index (χ1) is 13.9. The molecule has 4 rings (SSSR count). The lowest BCUT2D eigenvalue weighted by molar-refractivity contribution is 0.305. The maximum Gasteiger partial charge on any atom is 0.268 e. The monoisotopic (exact) mass is 430 g/mol. The number of nitrogens with one attached hydrogen (secondary N) is 1. The van der Waals surface area contributed by atoms with Crippen LogP contribution in [0.15, 0.2) is 45.7 Å². The van der Waals surface area contributed by atoms with Gasteiger partial charge in [-0.3, -0.25) is 14.3 Å². The second kappa shape index (κ2) is 8.05. The Morgan fingerprint density at radius 3 is 2.72 bits per heavy atom. The van der Waals surface area contributed by atoms with E-state index < -0.39 is 0 Å². The van der Waals surface area contributed by atoms with Gasteiger partial charge in [0.15, 0.2) is 11.0 Å². The molecule has 0 saturated carbocycles. The van der Waals surface area contributed by atoms with Crippen LogP contribution >= 0.6 is 23.1 Å². The zero-order valence-electron chi connectivity index (χ0n) is 16.1. The molecule has 0 fully saturated rings. The van der Waals surface area contributed by atoms with Gasteiger partial charge in [0.2, 0.25) is 0 Å². The topological polar surface area (TPSA) is 79.7 Å². The molecule has 3 aromatic heterocycles. The molecule has 3 heterocycles. The van der Waals surface area contributed by atoms with Crippen LogP contribution < -0.4 is 5.56 Å². The number of thiophene rings is 1. The highest BCUT2D eigenvalue weighted by molar-refractivity contribution is 7.98. The van der Waals surface area contributed by atoms with Crippen molar-refractivity contribution in [2.24, 2.45) is 0 Å². The highest BCUT2D eigenvalue weighted by Crippen LogP contribution is 2.28. The lowest BCUT2D eigenvalue weighted by Crippen LogP contribution is -2.20. The van der Waals surface area contributed by atoms with Gasteiger partial charge in [-0.25, -0.2) is 9.37 Å². The number of thioether (sulfide) groups is 1. The van der Waals surface area contributed by atoms with Crippen molar-refractivity contribution in [2.75, 3.05) is 14.1 Å². The minimum absolute atomic E-state index is 0.00184. The first-order valence-corrected chi connectivity index (χ1v) is 10.8. The molecule has 7 nitrogen and oxygen atoms in total. The van der Waals surface area contributed by atoms with Gasteiger partial charge in [0, 0.05) is 5.69 Å². The second-order valence-corrected chi connectivity index (χ2v) is 8.59. The summed E-state index contributed by atoms with van der Waals surface area (Å²) in [6, 6.07) is 8.07. The molecule has 29 heavy (non-hydrogen) atoms. The summed E-state index contributed by atoms with van der Waals surface area (Å²) in [4.78, 5) is 21.6. The summed E-state index contributed by atoms with van der Waals surface area (Å²) >= 11 is 2.79. The van der Waals surface area contributed by atoms with Gasteiger partial charge in [0.05, 0.1) is 17.3 Å². The molecule has 0 radical (unpaired) electrons. The Balaban J connectivity index is 1.69. The van der Waals surface area contributed by atoms with E-state index in [-0.39, 0.29) is 17.4 Å². The molecule has 1 N–H and O–H groups in total. The van der Waals surface area contributed by atoms with Gasteiger partial charge >= 0.3 is 0 Å². The summed E-state index contributed by atoms with van der Waals surface area (Å²) in [6.07, 6.45) is 0. The average molecular weight is 431 g/mol. The quantitative estimate of drug-likeness (QED) is 0.471. The minimum Gasteiger partial charge on any atom is -0.309 e. The van der Waals surface area contributed by atoms with Gasteiger partial charge in [-0.1, -0.05) is 11.8 Å². The van der Waals surface area contributed by atoms with Crippen LogP contribution in [0.4, 0.5) is 4.39 Å². The predicted octanol–water partition coefficient (Wildman–Crippen LogP) is 3.62. The van der Waals surface area contributed by atoms with E-state index in [1.807, 2.05) is 41.9 Å². The SMILES string of the molecule is C[C@@H](c1nnc(SCc2nc3ccsc3c(=O)[nH]2)n1-c1ccc(F)cc1)N(C)C. The Kier molecular flexibility index (Phi) is 5.48. The Bertz CT molecular complexity index is 1200. The van der Waals surface area contributed by atoms with Crippen LogP contribution in [0.3, 0.4) is 0 Å². The minimum atomic E-state index is -0.302. The molecule has 0 aliphatic carbocycles. The van der Waals surface area contributed by atoms with E-state index in [0.29, 0.717) is 27.0 Å². The number of H-pyrrole nitrogens is 1. The van der Waals surface area contributed by atoms with E-state index in [0.717, 1.165) is 11.5 Å². The number of aromatic nitrogens is 5. The van der Waals surface area contributed by atoms with Crippen LogP contribution in [-0.2, 0) is 5.75 Å². The summed E-state index contributed by atoms with van der Waals surface area (Å²) in [7, 11) is 3.93. The normalized spacial score (nSPS) is 12.7. The van der Waals surface area contributed by atoms with Crippen molar-refractivity contribution in [3.63, 3.8) is 0 Å². The van der Waals surface area contributed by atoms with Crippen LogP contribution in [0.25, 0.3) is 15.9 Å². The summed E-state index contributed by atoms with van der Waals surface area (Å²) in [5.74, 6) is 1.45. The van der Waals surface area contributed by atoms with Crippen LogP contribution in [0.1, 0.15) is 24.6 Å². The average Bonchev–Trinajstić information content (AvgIpc) is 3.33. The number of halogens is 1. The lowest BCUT2D eigenvalue weighted by Gasteiger charge is -2.20. The van der Waals surface area contributed by atoms with Gasteiger partial charge in [0.1, 0.15) is 16.3 Å². The first kappa shape index (κ1) is 19.7. The molecule has 0 aliphatic rings. The summed E-state index contributed by atoms with van der Waals surface area (Å²) in [5.41, 5.74) is 1.33. The largest absolute Gasteiger partial charge is 0.309 e. The summed E-state index contributed by atoms with van der Waals surface area (Å²) in [5, 5.41) is 11.2. The number of benzene rings is 1. The van der Waals surface area contributed by atoms with Crippen LogP contribution in [0.5, 0.6) is 0 Å². The van der Waals surface area contributed by atoms with Gasteiger partial charge < -0.3 is 4.98 Å². The third-order valence-corrected chi connectivity index (χ3v) is 6.44. The van der Waals surface area contributed by atoms with Gasteiger partial charge in [-0.05, 0) is 56.7 Å². The van der Waals surface area contributed by atoms with Gasteiger partial charge in [-0.2, -0.15) is 0 Å². The van der Waals surface area contributed by atoms with E-state index in [1.54, 1.807) is 12.1 Å². The zero-order valence-corrected chi connectivity index (χ0v) is 17.7. The first-order valence-electron chi connectivity index (χ1n) is 8.91. The molecule has 0 amide bonds. The molecule has 0 saturated heterocycles. The number of aromatic amines is 1. The Labute approximate surface area is 174 Å². The fraction of sp³-hybridized carbons (Fsp3) is 0.263. The number of hydrogen-bond acceptors (Lipinski definition) is 7. The predicted molar refractivity (Wildman–Crippen MR) is 113 cm³/mol. The molecule has 0 bridgehead atoms. The van der Waals surface area contributed by atoms with E-state index >= 15 is 0 Å². The molecule has 1 aromatic carbocycles. The molecule has 0 aliphatic heterocycles. The maximum atomic E-state index is 13.4. The number of nitrogens with zero attached hydrogens (tertiary/aromatic N) is 5. The Hall–Kier alpha value is -2.56. The third-order valence-electron chi connectivity index (χ3n) is 4.59. The highest BCUT2D eigenvalue weighted by Gasteiger charge is 2.21. The van der Waals surface area contributed by atoms with Crippen LogP contribution in [0, 0.1) is 5.82 Å². The zero-order chi connectivity index (χ0) is 20.5. The van der Waals surface area contributed by atoms with Gasteiger partial charge in [0.25, 0.3) is 5.56 Å². The molecule has 150 valence electrons. The number of fused-ring (bicyclic) bond motifs is 1. The van der Waals surface area contributed by atoms with E-state index in [4.69, 9.17) is 0 Å². The molecule has 0 spiro atoms. The molecule has 1 atom stereocenters. The Morgan fingerprint density at radius 1 is 1.24 bits per heavy atom. The summed E-state index contributed by atoms with van der Waals surface area (Å²) in [6.45, 7) is 2.03. The van der Waals surface area contributed by atoms with E-state index in [1.165, 1.54) is 35.2 Å². The third kappa shape index (κ3) is 3.96. The Morgan fingerprint density at radius 2 is 2.00 bits per heavy atom. The second-order valence-electron chi connectivity index (χ2n) is 6.73. The van der Waals surface area contributed by atoms with E-state index in [9.17, 15) is 9.18 Å². The molecular weight excluding hydrogens is 411 g/mol. The molecular formula is C19H19FN6OS2. The number of rotatable bonds is 6. The van der Waals surface area contributed by atoms with Crippen molar-refractivity contribution in [1.29, 1.82) is 0 Å². The van der Waals surface area contributed by atoms with E-state index in [2.05, 4.69) is 20.2 Å².